The molecule has 0 aliphatic carbocycles. The van der Waals surface area contributed by atoms with Crippen LogP contribution in [0.1, 0.15) is 10.4 Å². The number of nitrogens with zero attached hydrogens (tertiary/aromatic N) is 1. The Morgan fingerprint density at radius 2 is 1.89 bits per heavy atom. The Kier molecular flexibility index (Phi) is 6.54. The average Bonchev–Trinajstić information content (AvgIpc) is 3.18. The largest absolute Gasteiger partial charge is 0.404 e. The normalized spacial score (nSPS) is 11.1. The summed E-state index contributed by atoms with van der Waals surface area (Å²) in [5.74, 6) is 0. The number of rotatable bonds is 7. The molecule has 0 bridgehead atoms. The third-order valence-electron chi connectivity index (χ3n) is 4.02. The second-order valence-corrected chi connectivity index (χ2v) is 7.18. The molecule has 3 aromatic rings. The van der Waals surface area contributed by atoms with Crippen LogP contribution >= 0.6 is 11.3 Å². The first-order chi connectivity index (χ1) is 13.7. The number of carbonyl (C=O) groups is 1. The van der Waals surface area contributed by atoms with Crippen LogP contribution in [-0.4, -0.2) is 23.8 Å². The molecule has 2 amide bonds. The minimum atomic E-state index is -0.353. The third kappa shape index (κ3) is 5.28. The van der Waals surface area contributed by atoms with E-state index in [1.165, 1.54) is 16.6 Å². The molecule has 0 saturated heterocycles. The highest BCUT2D eigenvalue weighted by atomic mass is 32.1. The summed E-state index contributed by atoms with van der Waals surface area (Å²) in [6.07, 6.45) is 5.18. The van der Waals surface area contributed by atoms with E-state index in [4.69, 9.17) is 11.1 Å². The third-order valence-corrected chi connectivity index (χ3v) is 5.06. The molecule has 0 fully saturated rings. The average molecular weight is 392 g/mol. The molecule has 0 spiro atoms. The summed E-state index contributed by atoms with van der Waals surface area (Å²) in [6, 6.07) is 17.5. The van der Waals surface area contributed by atoms with Gasteiger partial charge in [0, 0.05) is 53.3 Å². The zero-order chi connectivity index (χ0) is 19.8. The van der Waals surface area contributed by atoms with Crippen LogP contribution in [0.3, 0.4) is 0 Å². The van der Waals surface area contributed by atoms with Gasteiger partial charge < -0.3 is 21.8 Å². The van der Waals surface area contributed by atoms with Crippen LogP contribution in [0.5, 0.6) is 0 Å². The van der Waals surface area contributed by atoms with Crippen molar-refractivity contribution >= 4 is 29.3 Å². The molecular weight excluding hydrogens is 370 g/mol. The van der Waals surface area contributed by atoms with Gasteiger partial charge in [-0.3, -0.25) is 0 Å². The number of benzene rings is 2. The molecule has 7 heteroatoms. The van der Waals surface area contributed by atoms with Crippen molar-refractivity contribution in [1.29, 1.82) is 5.41 Å². The van der Waals surface area contributed by atoms with Gasteiger partial charge in [-0.15, -0.1) is 11.3 Å². The Morgan fingerprint density at radius 3 is 2.57 bits per heavy atom. The van der Waals surface area contributed by atoms with Crippen molar-refractivity contribution in [2.45, 2.75) is 6.42 Å². The summed E-state index contributed by atoms with van der Waals surface area (Å²) in [5, 5.41) is 13.5. The van der Waals surface area contributed by atoms with E-state index in [2.05, 4.69) is 27.8 Å². The van der Waals surface area contributed by atoms with Crippen molar-refractivity contribution in [3.8, 4) is 10.6 Å². The fourth-order valence-corrected chi connectivity index (χ4v) is 3.48. The fourth-order valence-electron chi connectivity index (χ4n) is 2.53. The van der Waals surface area contributed by atoms with E-state index in [0.717, 1.165) is 23.2 Å². The number of urea groups is 1. The molecule has 142 valence electrons. The number of anilines is 1. The van der Waals surface area contributed by atoms with Crippen molar-refractivity contribution in [3.05, 3.63) is 83.0 Å². The number of nitrogens with two attached hydrogens (primary N) is 1. The molecule has 1 heterocycles. The maximum atomic E-state index is 11.9. The molecule has 3 rings (SSSR count). The van der Waals surface area contributed by atoms with E-state index < -0.39 is 0 Å². The molecular formula is C21H21N5OS. The summed E-state index contributed by atoms with van der Waals surface area (Å²) >= 11 is 1.67. The van der Waals surface area contributed by atoms with E-state index in [9.17, 15) is 4.79 Å². The molecule has 28 heavy (non-hydrogen) atoms. The maximum absolute atomic E-state index is 11.9. The number of aromatic nitrogens is 1. The van der Waals surface area contributed by atoms with E-state index >= 15 is 0 Å². The van der Waals surface area contributed by atoms with Gasteiger partial charge in [0.2, 0.25) is 0 Å². The Hall–Kier alpha value is -3.45. The minimum Gasteiger partial charge on any atom is -0.404 e. The van der Waals surface area contributed by atoms with Gasteiger partial charge in [0.1, 0.15) is 5.01 Å². The van der Waals surface area contributed by atoms with Crippen molar-refractivity contribution in [1.82, 2.24) is 10.3 Å². The Balaban J connectivity index is 1.58. The summed E-state index contributed by atoms with van der Waals surface area (Å²) in [6.45, 7) is 0.202. The smallest absolute Gasteiger partial charge is 0.319 e. The van der Waals surface area contributed by atoms with Crippen molar-refractivity contribution in [2.24, 2.45) is 5.73 Å². The SMILES string of the molecule is N=C/C(=C\N)CNC(=O)Nc1ccc(-c2ncc(Cc3ccccc3)s2)cc1. The van der Waals surface area contributed by atoms with Crippen LogP contribution < -0.4 is 16.4 Å². The molecule has 5 N–H and O–H groups in total. The second-order valence-electron chi connectivity index (χ2n) is 6.07. The lowest BCUT2D eigenvalue weighted by Gasteiger charge is -2.08. The molecule has 2 aromatic carbocycles. The monoisotopic (exact) mass is 391 g/mol. The quantitative estimate of drug-likeness (QED) is 0.457. The zero-order valence-corrected chi connectivity index (χ0v) is 16.0. The van der Waals surface area contributed by atoms with Gasteiger partial charge in [0.25, 0.3) is 0 Å². The maximum Gasteiger partial charge on any atom is 0.319 e. The van der Waals surface area contributed by atoms with Gasteiger partial charge in [0.15, 0.2) is 0 Å². The molecule has 0 saturated carbocycles. The van der Waals surface area contributed by atoms with Crippen LogP contribution in [0.25, 0.3) is 10.6 Å². The molecule has 0 aliphatic rings. The summed E-state index contributed by atoms with van der Waals surface area (Å²) < 4.78 is 0. The van der Waals surface area contributed by atoms with Crippen LogP contribution in [0.15, 0.2) is 72.6 Å². The molecule has 0 radical (unpaired) electrons. The summed E-state index contributed by atoms with van der Waals surface area (Å²) in [7, 11) is 0. The van der Waals surface area contributed by atoms with Crippen molar-refractivity contribution < 1.29 is 4.79 Å². The number of hydrogen-bond acceptors (Lipinski definition) is 5. The number of thiazole rings is 1. The Bertz CT molecular complexity index is 964. The van der Waals surface area contributed by atoms with Gasteiger partial charge >= 0.3 is 6.03 Å². The van der Waals surface area contributed by atoms with E-state index in [1.807, 2.05) is 48.7 Å². The Morgan fingerprint density at radius 1 is 1.14 bits per heavy atom. The van der Waals surface area contributed by atoms with Gasteiger partial charge in [-0.2, -0.15) is 0 Å². The lowest BCUT2D eigenvalue weighted by molar-refractivity contribution is 0.253. The fraction of sp³-hybridized carbons (Fsp3) is 0.0952. The van der Waals surface area contributed by atoms with Crippen LogP contribution in [-0.2, 0) is 6.42 Å². The van der Waals surface area contributed by atoms with Gasteiger partial charge in [0.05, 0.1) is 0 Å². The van der Waals surface area contributed by atoms with Gasteiger partial charge in [-0.1, -0.05) is 30.3 Å². The second kappa shape index (κ2) is 9.48. The van der Waals surface area contributed by atoms with E-state index in [1.54, 1.807) is 11.3 Å². The highest BCUT2D eigenvalue weighted by Crippen LogP contribution is 2.27. The number of carbonyl (C=O) groups excluding carboxylic acids is 1. The first-order valence-electron chi connectivity index (χ1n) is 8.73. The minimum absolute atomic E-state index is 0.202. The number of hydrogen-bond donors (Lipinski definition) is 4. The topological polar surface area (TPSA) is 104 Å². The molecule has 0 aliphatic heterocycles. The lowest BCUT2D eigenvalue weighted by atomic mass is 10.1. The van der Waals surface area contributed by atoms with Crippen LogP contribution in [0.2, 0.25) is 0 Å². The van der Waals surface area contributed by atoms with E-state index in [0.29, 0.717) is 11.3 Å². The molecule has 1 aromatic heterocycles. The Labute approximate surface area is 167 Å². The predicted molar refractivity (Wildman–Crippen MR) is 115 cm³/mol. The molecule has 6 nitrogen and oxygen atoms in total. The predicted octanol–water partition coefficient (Wildman–Crippen LogP) is 4.01. The highest BCUT2D eigenvalue weighted by Gasteiger charge is 2.07. The standard InChI is InChI=1S/C21H21N5OS/c22-11-16(12-23)13-25-21(27)26-18-8-6-17(7-9-18)20-24-14-19(28-20)10-15-4-2-1-3-5-15/h1-9,11-12,14,22H,10,13,23H2,(H2,25,26,27)/b16-12+,22-11?. The summed E-state index contributed by atoms with van der Waals surface area (Å²) in [5.41, 5.74) is 8.82. The summed E-state index contributed by atoms with van der Waals surface area (Å²) in [4.78, 5) is 17.6. The number of nitrogens with one attached hydrogen (secondary N) is 3. The van der Waals surface area contributed by atoms with Crippen LogP contribution in [0.4, 0.5) is 10.5 Å². The number of amides is 2. The van der Waals surface area contributed by atoms with Gasteiger partial charge in [-0.25, -0.2) is 9.78 Å². The van der Waals surface area contributed by atoms with E-state index in [-0.39, 0.29) is 12.6 Å². The first-order valence-corrected chi connectivity index (χ1v) is 9.54. The molecule has 0 unspecified atom stereocenters. The van der Waals surface area contributed by atoms with Crippen molar-refractivity contribution in [3.63, 3.8) is 0 Å². The van der Waals surface area contributed by atoms with Gasteiger partial charge in [-0.05, 0) is 29.8 Å². The van der Waals surface area contributed by atoms with Crippen molar-refractivity contribution in [2.75, 3.05) is 11.9 Å². The first kappa shape index (κ1) is 19.3. The zero-order valence-electron chi connectivity index (χ0n) is 15.2. The van der Waals surface area contributed by atoms with Crippen LogP contribution in [0, 0.1) is 5.41 Å². The highest BCUT2D eigenvalue weighted by molar-refractivity contribution is 7.15. The lowest BCUT2D eigenvalue weighted by Crippen LogP contribution is -2.30. The molecule has 0 atom stereocenters.